The van der Waals surface area contributed by atoms with Crippen molar-refractivity contribution in [2.24, 2.45) is 17.8 Å². The van der Waals surface area contributed by atoms with Crippen molar-refractivity contribution < 1.29 is 27.5 Å². The Morgan fingerprint density at radius 2 is 1.92 bits per heavy atom. The minimum atomic E-state index is -4.57. The first kappa shape index (κ1) is 17.8. The molecule has 0 aromatic heterocycles. The molecule has 25 heavy (non-hydrogen) atoms. The summed E-state index contributed by atoms with van der Waals surface area (Å²) in [5.41, 5.74) is -1.28. The number of hydrogen-bond acceptors (Lipinski definition) is 3. The minimum absolute atomic E-state index is 0.285. The lowest BCUT2D eigenvalue weighted by Gasteiger charge is -2.20. The van der Waals surface area contributed by atoms with E-state index in [2.05, 4.69) is 5.32 Å². The molecule has 0 unspecified atom stereocenters. The van der Waals surface area contributed by atoms with Crippen molar-refractivity contribution in [1.82, 2.24) is 0 Å². The fraction of sp³-hybridized carbons (Fsp3) is 0.556. The molecule has 3 rings (SSSR count). The molecule has 2 aliphatic carbocycles. The standard InChI is InChI=1S/C18H20F3NO3/c19-18(20,21)14-3-1-2-4-15(14)22-16(23)10-25-17(24)9-13-8-11-5-6-12(13)7-11/h1-4,11-13H,5-10H2,(H,22,23)/t11-,12+,13-/m0/s1. The fourth-order valence-corrected chi connectivity index (χ4v) is 4.07. The third-order valence-corrected chi connectivity index (χ3v) is 5.18. The molecule has 0 heterocycles. The number of carbonyl (C=O) groups excluding carboxylic acids is 2. The summed E-state index contributed by atoms with van der Waals surface area (Å²) in [6, 6.07) is 4.69. The van der Waals surface area contributed by atoms with Crippen LogP contribution < -0.4 is 5.32 Å². The van der Waals surface area contributed by atoms with Crippen LogP contribution in [0.25, 0.3) is 0 Å². The van der Waals surface area contributed by atoms with Gasteiger partial charge in [0.05, 0.1) is 11.3 Å². The van der Waals surface area contributed by atoms with Crippen LogP contribution in [0.2, 0.25) is 0 Å². The number of amides is 1. The van der Waals surface area contributed by atoms with E-state index in [1.54, 1.807) is 0 Å². The number of para-hydroxylation sites is 1. The lowest BCUT2D eigenvalue weighted by molar-refractivity contribution is -0.148. The Morgan fingerprint density at radius 1 is 1.16 bits per heavy atom. The van der Waals surface area contributed by atoms with Crippen LogP contribution in [-0.2, 0) is 20.5 Å². The highest BCUT2D eigenvalue weighted by molar-refractivity contribution is 5.93. The van der Waals surface area contributed by atoms with Gasteiger partial charge < -0.3 is 10.1 Å². The molecule has 2 aliphatic rings. The molecular weight excluding hydrogens is 335 g/mol. The van der Waals surface area contributed by atoms with E-state index < -0.39 is 30.2 Å². The monoisotopic (exact) mass is 355 g/mol. The second kappa shape index (κ2) is 7.06. The van der Waals surface area contributed by atoms with Crippen LogP contribution in [0.1, 0.15) is 37.7 Å². The van der Waals surface area contributed by atoms with E-state index in [4.69, 9.17) is 4.74 Å². The second-order valence-corrected chi connectivity index (χ2v) is 6.89. The van der Waals surface area contributed by atoms with Crippen molar-refractivity contribution in [3.05, 3.63) is 29.8 Å². The average molecular weight is 355 g/mol. The number of hydrogen-bond donors (Lipinski definition) is 1. The summed E-state index contributed by atoms with van der Waals surface area (Å²) in [5.74, 6) is 0.366. The maximum atomic E-state index is 12.9. The predicted molar refractivity (Wildman–Crippen MR) is 84.6 cm³/mol. The topological polar surface area (TPSA) is 55.4 Å². The molecule has 7 heteroatoms. The molecule has 1 amide bonds. The van der Waals surface area contributed by atoms with E-state index in [0.29, 0.717) is 17.8 Å². The number of rotatable bonds is 5. The zero-order valence-electron chi connectivity index (χ0n) is 13.6. The number of halogens is 3. The molecule has 2 saturated carbocycles. The summed E-state index contributed by atoms with van der Waals surface area (Å²) in [5, 5.41) is 2.16. The van der Waals surface area contributed by atoms with Crippen LogP contribution in [0.5, 0.6) is 0 Å². The normalized spacial score (nSPS) is 25.0. The molecule has 1 aromatic carbocycles. The molecule has 136 valence electrons. The van der Waals surface area contributed by atoms with Crippen LogP contribution in [0.4, 0.5) is 18.9 Å². The fourth-order valence-electron chi connectivity index (χ4n) is 4.07. The highest BCUT2D eigenvalue weighted by Gasteiger charge is 2.40. The first-order valence-electron chi connectivity index (χ1n) is 8.44. The Balaban J connectivity index is 1.48. The molecule has 4 nitrogen and oxygen atoms in total. The second-order valence-electron chi connectivity index (χ2n) is 6.89. The maximum Gasteiger partial charge on any atom is 0.418 e. The largest absolute Gasteiger partial charge is 0.456 e. The highest BCUT2D eigenvalue weighted by atomic mass is 19.4. The van der Waals surface area contributed by atoms with Gasteiger partial charge in [0.1, 0.15) is 0 Å². The number of benzene rings is 1. The van der Waals surface area contributed by atoms with Crippen LogP contribution in [0.3, 0.4) is 0 Å². The van der Waals surface area contributed by atoms with Gasteiger partial charge in [0.25, 0.3) is 5.91 Å². The van der Waals surface area contributed by atoms with Gasteiger partial charge in [-0.25, -0.2) is 0 Å². The number of carbonyl (C=O) groups is 2. The highest BCUT2D eigenvalue weighted by Crippen LogP contribution is 2.49. The molecule has 0 spiro atoms. The minimum Gasteiger partial charge on any atom is -0.456 e. The van der Waals surface area contributed by atoms with Gasteiger partial charge in [-0.1, -0.05) is 18.6 Å². The van der Waals surface area contributed by atoms with Gasteiger partial charge >= 0.3 is 12.1 Å². The number of esters is 1. The molecule has 2 bridgehead atoms. The van der Waals surface area contributed by atoms with Gasteiger partial charge in [-0.3, -0.25) is 9.59 Å². The first-order chi connectivity index (χ1) is 11.8. The van der Waals surface area contributed by atoms with Crippen LogP contribution >= 0.6 is 0 Å². The molecular formula is C18H20F3NO3. The average Bonchev–Trinajstić information content (AvgIpc) is 3.15. The van der Waals surface area contributed by atoms with Crippen molar-refractivity contribution >= 4 is 17.6 Å². The summed E-state index contributed by atoms with van der Waals surface area (Å²) in [6.45, 7) is -0.578. The zero-order valence-corrected chi connectivity index (χ0v) is 13.6. The van der Waals surface area contributed by atoms with E-state index in [1.807, 2.05) is 0 Å². The molecule has 1 N–H and O–H groups in total. The summed E-state index contributed by atoms with van der Waals surface area (Å²) >= 11 is 0. The van der Waals surface area contributed by atoms with E-state index in [-0.39, 0.29) is 12.1 Å². The molecule has 3 atom stereocenters. The van der Waals surface area contributed by atoms with Crippen molar-refractivity contribution in [3.63, 3.8) is 0 Å². The lowest BCUT2D eigenvalue weighted by Crippen LogP contribution is -2.24. The Morgan fingerprint density at radius 3 is 2.56 bits per heavy atom. The van der Waals surface area contributed by atoms with E-state index in [0.717, 1.165) is 25.0 Å². The molecule has 1 aromatic rings. The van der Waals surface area contributed by atoms with Crippen molar-refractivity contribution in [2.75, 3.05) is 11.9 Å². The number of fused-ring (bicyclic) bond motifs is 2. The number of anilines is 1. The van der Waals surface area contributed by atoms with Crippen molar-refractivity contribution in [2.45, 2.75) is 38.3 Å². The summed E-state index contributed by atoms with van der Waals surface area (Å²) in [4.78, 5) is 23.7. The van der Waals surface area contributed by atoms with Gasteiger partial charge in [-0.2, -0.15) is 13.2 Å². The third-order valence-electron chi connectivity index (χ3n) is 5.18. The smallest absolute Gasteiger partial charge is 0.418 e. The van der Waals surface area contributed by atoms with E-state index in [9.17, 15) is 22.8 Å². The Labute approximate surface area is 143 Å². The Kier molecular flexibility index (Phi) is 5.01. The Bertz CT molecular complexity index is 659. The number of alkyl halides is 3. The van der Waals surface area contributed by atoms with Crippen LogP contribution in [0, 0.1) is 17.8 Å². The van der Waals surface area contributed by atoms with Crippen LogP contribution in [0.15, 0.2) is 24.3 Å². The van der Waals surface area contributed by atoms with E-state index >= 15 is 0 Å². The molecule has 0 saturated heterocycles. The maximum absolute atomic E-state index is 12.9. The number of nitrogens with one attached hydrogen (secondary N) is 1. The molecule has 0 aliphatic heterocycles. The van der Waals surface area contributed by atoms with Crippen molar-refractivity contribution in [1.29, 1.82) is 0 Å². The van der Waals surface area contributed by atoms with Gasteiger partial charge in [0.2, 0.25) is 0 Å². The zero-order chi connectivity index (χ0) is 18.0. The van der Waals surface area contributed by atoms with Crippen molar-refractivity contribution in [3.8, 4) is 0 Å². The van der Waals surface area contributed by atoms with Gasteiger partial charge in [-0.15, -0.1) is 0 Å². The molecule has 2 fully saturated rings. The van der Waals surface area contributed by atoms with Gasteiger partial charge in [0, 0.05) is 6.42 Å². The molecule has 0 radical (unpaired) electrons. The Hall–Kier alpha value is -2.05. The lowest BCUT2D eigenvalue weighted by atomic mass is 9.86. The first-order valence-corrected chi connectivity index (χ1v) is 8.44. The SMILES string of the molecule is O=C(COC(=O)C[C@@H]1C[C@H]2CC[C@@H]1C2)Nc1ccccc1C(F)(F)F. The van der Waals surface area contributed by atoms with E-state index in [1.165, 1.54) is 25.0 Å². The van der Waals surface area contributed by atoms with Crippen LogP contribution in [-0.4, -0.2) is 18.5 Å². The summed E-state index contributed by atoms with van der Waals surface area (Å²) < 4.78 is 43.6. The third kappa shape index (κ3) is 4.32. The quantitative estimate of drug-likeness (QED) is 0.812. The number of ether oxygens (including phenoxy) is 1. The summed E-state index contributed by atoms with van der Waals surface area (Å²) in [6.07, 6.45) is 0.308. The van der Waals surface area contributed by atoms with Gasteiger partial charge in [-0.05, 0) is 49.1 Å². The summed E-state index contributed by atoms with van der Waals surface area (Å²) in [7, 11) is 0. The predicted octanol–water partition coefficient (Wildman–Crippen LogP) is 4.01. The van der Waals surface area contributed by atoms with Gasteiger partial charge in [0.15, 0.2) is 6.61 Å².